The third kappa shape index (κ3) is 6.61. The number of hydrogen-bond donors (Lipinski definition) is 0. The van der Waals surface area contributed by atoms with Crippen molar-refractivity contribution in [2.24, 2.45) is 0 Å². The molecular weight excluding hydrogens is 478 g/mol. The molecule has 0 N–H and O–H groups in total. The van der Waals surface area contributed by atoms with Gasteiger partial charge in [0.05, 0.1) is 25.3 Å². The molecule has 0 saturated carbocycles. The lowest BCUT2D eigenvalue weighted by Crippen LogP contribution is -2.67. The van der Waals surface area contributed by atoms with Gasteiger partial charge in [-0.3, -0.25) is 4.18 Å². The Balaban J connectivity index is 1.98. The van der Waals surface area contributed by atoms with Crippen molar-refractivity contribution in [3.63, 3.8) is 0 Å². The molecule has 0 aliphatic carbocycles. The van der Waals surface area contributed by atoms with Crippen molar-refractivity contribution >= 4 is 35.9 Å². The van der Waals surface area contributed by atoms with Gasteiger partial charge < -0.3 is 14.1 Å². The van der Waals surface area contributed by atoms with Crippen molar-refractivity contribution in [1.29, 1.82) is 0 Å². The summed E-state index contributed by atoms with van der Waals surface area (Å²) >= 11 is -1.42. The maximum Gasteiger partial charge on any atom is 0.410 e. The molecule has 1 aliphatic heterocycles. The Morgan fingerprint density at radius 1 is 0.971 bits per heavy atom. The number of rotatable bonds is 7. The van der Waals surface area contributed by atoms with Crippen LogP contribution in [0.4, 0.5) is 4.79 Å². The third-order valence-corrected chi connectivity index (χ3v) is 11.7. The van der Waals surface area contributed by atoms with E-state index < -0.39 is 31.1 Å². The minimum Gasteiger partial charge on any atom is -0.444 e. The molecule has 2 aromatic carbocycles. The van der Waals surface area contributed by atoms with Gasteiger partial charge in [-0.25, -0.2) is 9.00 Å². The summed E-state index contributed by atoms with van der Waals surface area (Å²) in [7, 11) is -2.76. The van der Waals surface area contributed by atoms with Gasteiger partial charge >= 0.3 is 6.09 Å². The van der Waals surface area contributed by atoms with Crippen LogP contribution in [0, 0.1) is 0 Å². The van der Waals surface area contributed by atoms with Gasteiger partial charge in [-0.05, 0) is 42.6 Å². The molecule has 0 radical (unpaired) electrons. The average molecular weight is 518 g/mol. The lowest BCUT2D eigenvalue weighted by molar-refractivity contribution is 0.0173. The highest BCUT2D eigenvalue weighted by Gasteiger charge is 2.51. The monoisotopic (exact) mass is 517 g/mol. The number of carbonyl (C=O) groups is 1. The highest BCUT2D eigenvalue weighted by molar-refractivity contribution is 7.79. The molecule has 0 bridgehead atoms. The highest BCUT2D eigenvalue weighted by atomic mass is 32.2. The second-order valence-electron chi connectivity index (χ2n) is 11.1. The molecular formula is C27H39NO5SSi. The summed E-state index contributed by atoms with van der Waals surface area (Å²) in [4.78, 5) is 14.8. The highest BCUT2D eigenvalue weighted by Crippen LogP contribution is 2.37. The summed E-state index contributed by atoms with van der Waals surface area (Å²) < 4.78 is 30.1. The lowest BCUT2D eigenvalue weighted by Gasteiger charge is -2.44. The van der Waals surface area contributed by atoms with Crippen LogP contribution in [0.3, 0.4) is 0 Å². The van der Waals surface area contributed by atoms with E-state index in [0.29, 0.717) is 19.6 Å². The molecule has 1 heterocycles. The molecule has 35 heavy (non-hydrogen) atoms. The van der Waals surface area contributed by atoms with Crippen LogP contribution < -0.4 is 10.4 Å². The maximum atomic E-state index is 13.1. The molecule has 1 fully saturated rings. The van der Waals surface area contributed by atoms with E-state index in [4.69, 9.17) is 13.3 Å². The van der Waals surface area contributed by atoms with Gasteiger partial charge in [-0.1, -0.05) is 81.4 Å². The molecule has 1 saturated heterocycles. The fraction of sp³-hybridized carbons (Fsp3) is 0.519. The largest absolute Gasteiger partial charge is 0.444 e. The standard InChI is InChI=1S/C27H39NO5SSi/c1-26(2,3)32-25(29)28-19-22(33-34(7)30)18-21(28)20-31-35(27(4,5)6,23-14-10-8-11-15-23)24-16-12-9-13-17-24/h8-17,21-22H,18-20H2,1-7H3. The van der Waals surface area contributed by atoms with E-state index in [1.54, 1.807) is 4.90 Å². The number of ether oxygens (including phenoxy) is 1. The quantitative estimate of drug-likeness (QED) is 0.514. The minimum atomic E-state index is -2.76. The fourth-order valence-electron chi connectivity index (χ4n) is 4.82. The predicted octanol–water partition coefficient (Wildman–Crippen LogP) is 4.25. The van der Waals surface area contributed by atoms with Crippen molar-refractivity contribution in [1.82, 2.24) is 4.90 Å². The number of carbonyl (C=O) groups excluding carboxylic acids is 1. The van der Waals surface area contributed by atoms with E-state index >= 15 is 0 Å². The van der Waals surface area contributed by atoms with Crippen LogP contribution in [0.2, 0.25) is 5.04 Å². The number of nitrogens with zero attached hydrogens (tertiary/aromatic N) is 1. The Morgan fingerprint density at radius 3 is 1.91 bits per heavy atom. The molecule has 192 valence electrons. The minimum absolute atomic E-state index is 0.175. The summed E-state index contributed by atoms with van der Waals surface area (Å²) in [6, 6.07) is 20.6. The summed E-state index contributed by atoms with van der Waals surface area (Å²) in [5.74, 6) is 0. The van der Waals surface area contributed by atoms with Gasteiger partial charge in [0.2, 0.25) is 0 Å². The SMILES string of the molecule is CS(=O)OC1CC(CO[Si](c2ccccc2)(c2ccccc2)C(C)(C)C)N(C(=O)OC(C)(C)C)C1. The Morgan fingerprint density at radius 2 is 1.49 bits per heavy atom. The van der Waals surface area contributed by atoms with Crippen LogP contribution in [-0.2, 0) is 24.4 Å². The zero-order valence-corrected chi connectivity index (χ0v) is 23.8. The van der Waals surface area contributed by atoms with Crippen LogP contribution >= 0.6 is 0 Å². The summed E-state index contributed by atoms with van der Waals surface area (Å²) in [5, 5.41) is 2.19. The van der Waals surface area contributed by atoms with Gasteiger partial charge in [-0.15, -0.1) is 0 Å². The van der Waals surface area contributed by atoms with Crippen LogP contribution in [0.1, 0.15) is 48.0 Å². The van der Waals surface area contributed by atoms with Crippen LogP contribution in [-0.4, -0.2) is 60.7 Å². The zero-order valence-electron chi connectivity index (χ0n) is 21.9. The summed E-state index contributed by atoms with van der Waals surface area (Å²) in [5.41, 5.74) is -0.618. The van der Waals surface area contributed by atoms with E-state index in [-0.39, 0.29) is 17.2 Å². The topological polar surface area (TPSA) is 65.1 Å². The third-order valence-electron chi connectivity index (χ3n) is 6.18. The Hall–Kier alpha value is -2.00. The Bertz CT molecular complexity index is 964. The molecule has 2 aromatic rings. The summed E-state index contributed by atoms with van der Waals surface area (Å²) in [6.45, 7) is 12.9. The second kappa shape index (κ2) is 10.9. The molecule has 3 rings (SSSR count). The first-order chi connectivity index (χ1) is 16.3. The molecule has 0 aromatic heterocycles. The van der Waals surface area contributed by atoms with Gasteiger partial charge in [0.1, 0.15) is 5.60 Å². The van der Waals surface area contributed by atoms with Crippen molar-refractivity contribution < 1.29 is 22.3 Å². The smallest absolute Gasteiger partial charge is 0.410 e. The normalized spacial score (nSPS) is 20.0. The van der Waals surface area contributed by atoms with Crippen LogP contribution in [0.25, 0.3) is 0 Å². The number of amides is 1. The molecule has 3 unspecified atom stereocenters. The van der Waals surface area contributed by atoms with Gasteiger partial charge in [0.25, 0.3) is 8.32 Å². The Labute approximate surface area is 213 Å². The van der Waals surface area contributed by atoms with Crippen molar-refractivity contribution in [3.8, 4) is 0 Å². The first kappa shape index (κ1) is 27.6. The number of benzene rings is 2. The molecule has 3 atom stereocenters. The second-order valence-corrected chi connectivity index (χ2v) is 16.4. The molecule has 1 aliphatic rings. The number of hydrogen-bond acceptors (Lipinski definition) is 5. The van der Waals surface area contributed by atoms with E-state index in [1.807, 2.05) is 32.9 Å². The fourth-order valence-corrected chi connectivity index (χ4v) is 9.94. The van der Waals surface area contributed by atoms with Crippen LogP contribution in [0.15, 0.2) is 60.7 Å². The van der Waals surface area contributed by atoms with Gasteiger partial charge in [0.15, 0.2) is 11.1 Å². The average Bonchev–Trinajstić information content (AvgIpc) is 3.16. The molecule has 6 nitrogen and oxygen atoms in total. The van der Waals surface area contributed by atoms with E-state index in [1.165, 1.54) is 16.6 Å². The van der Waals surface area contributed by atoms with Gasteiger partial charge in [-0.2, -0.15) is 0 Å². The van der Waals surface area contributed by atoms with Crippen molar-refractivity contribution in [3.05, 3.63) is 60.7 Å². The molecule has 1 amide bonds. The van der Waals surface area contributed by atoms with Crippen LogP contribution in [0.5, 0.6) is 0 Å². The van der Waals surface area contributed by atoms with Crippen molar-refractivity contribution in [2.75, 3.05) is 19.4 Å². The summed E-state index contributed by atoms with van der Waals surface area (Å²) in [6.07, 6.45) is 1.31. The lowest BCUT2D eigenvalue weighted by atomic mass is 10.2. The van der Waals surface area contributed by atoms with Crippen molar-refractivity contribution in [2.45, 2.75) is 70.7 Å². The van der Waals surface area contributed by atoms with E-state index in [2.05, 4.69) is 69.3 Å². The Kier molecular flexibility index (Phi) is 8.63. The predicted molar refractivity (Wildman–Crippen MR) is 144 cm³/mol. The first-order valence-corrected chi connectivity index (χ1v) is 15.5. The van der Waals surface area contributed by atoms with E-state index in [9.17, 15) is 9.00 Å². The van der Waals surface area contributed by atoms with Gasteiger partial charge in [0, 0.05) is 6.26 Å². The maximum absolute atomic E-state index is 13.1. The van der Waals surface area contributed by atoms with E-state index in [0.717, 1.165) is 0 Å². The molecule has 0 spiro atoms. The molecule has 8 heteroatoms. The first-order valence-electron chi connectivity index (χ1n) is 12.1. The zero-order chi connectivity index (χ0) is 25.9. The number of likely N-dealkylation sites (tertiary alicyclic amines) is 1.